The van der Waals surface area contributed by atoms with Crippen molar-refractivity contribution >= 4 is 0 Å². The molecule has 0 bridgehead atoms. The van der Waals surface area contributed by atoms with E-state index in [1.54, 1.807) is 18.2 Å². The maximum absolute atomic E-state index is 13.4. The second kappa shape index (κ2) is 5.65. The lowest BCUT2D eigenvalue weighted by atomic mass is 10.1. The van der Waals surface area contributed by atoms with Crippen LogP contribution in [0.1, 0.15) is 16.7 Å². The Morgan fingerprint density at radius 2 is 1.78 bits per heavy atom. The number of benzene rings is 2. The molecule has 0 saturated heterocycles. The van der Waals surface area contributed by atoms with Crippen molar-refractivity contribution in [3.8, 4) is 5.75 Å². The molecule has 2 N–H and O–H groups in total. The van der Waals surface area contributed by atoms with Gasteiger partial charge >= 0.3 is 0 Å². The van der Waals surface area contributed by atoms with Crippen LogP contribution in [0.3, 0.4) is 0 Å². The number of phenolic OH excluding ortho intramolecular Hbond substituents is 1. The van der Waals surface area contributed by atoms with Gasteiger partial charge in [0.2, 0.25) is 0 Å². The molecule has 2 nitrogen and oxygen atoms in total. The van der Waals surface area contributed by atoms with Gasteiger partial charge in [-0.1, -0.05) is 35.9 Å². The number of rotatable bonds is 4. The first-order valence-corrected chi connectivity index (χ1v) is 5.89. The Kier molecular flexibility index (Phi) is 3.95. The van der Waals surface area contributed by atoms with E-state index in [2.05, 4.69) is 5.32 Å². The fourth-order valence-corrected chi connectivity index (χ4v) is 1.83. The first-order valence-electron chi connectivity index (χ1n) is 5.89. The zero-order valence-electron chi connectivity index (χ0n) is 10.3. The molecule has 0 amide bonds. The van der Waals surface area contributed by atoms with Gasteiger partial charge in [0, 0.05) is 24.2 Å². The first-order chi connectivity index (χ1) is 8.66. The molecule has 0 unspecified atom stereocenters. The molecule has 0 heterocycles. The summed E-state index contributed by atoms with van der Waals surface area (Å²) in [6.07, 6.45) is 0. The van der Waals surface area contributed by atoms with E-state index in [4.69, 9.17) is 0 Å². The van der Waals surface area contributed by atoms with Crippen molar-refractivity contribution in [1.29, 1.82) is 0 Å². The highest BCUT2D eigenvalue weighted by atomic mass is 19.1. The fourth-order valence-electron chi connectivity index (χ4n) is 1.83. The zero-order chi connectivity index (χ0) is 13.0. The molecule has 0 fully saturated rings. The summed E-state index contributed by atoms with van der Waals surface area (Å²) in [7, 11) is 0. The Morgan fingerprint density at radius 1 is 1.06 bits per heavy atom. The summed E-state index contributed by atoms with van der Waals surface area (Å²) in [5.41, 5.74) is 2.55. The van der Waals surface area contributed by atoms with E-state index in [9.17, 15) is 9.50 Å². The second-order valence-corrected chi connectivity index (χ2v) is 4.33. The summed E-state index contributed by atoms with van der Waals surface area (Å²) in [6.45, 7) is 2.93. The largest absolute Gasteiger partial charge is 0.508 e. The molecule has 0 aliphatic rings. The lowest BCUT2D eigenvalue weighted by molar-refractivity contribution is 0.464. The molecule has 2 aromatic carbocycles. The SMILES string of the molecule is Cc1ccc(O)c(CNCc2ccccc2F)c1. The summed E-state index contributed by atoms with van der Waals surface area (Å²) >= 11 is 0. The molecule has 0 aliphatic carbocycles. The minimum atomic E-state index is -0.210. The molecule has 0 spiro atoms. The van der Waals surface area contributed by atoms with Gasteiger partial charge in [-0.15, -0.1) is 0 Å². The van der Waals surface area contributed by atoms with Gasteiger partial charge in [0.15, 0.2) is 0 Å². The van der Waals surface area contributed by atoms with Crippen LogP contribution in [0.15, 0.2) is 42.5 Å². The average molecular weight is 245 g/mol. The number of halogens is 1. The molecule has 18 heavy (non-hydrogen) atoms. The van der Waals surface area contributed by atoms with E-state index >= 15 is 0 Å². The molecule has 0 atom stereocenters. The summed E-state index contributed by atoms with van der Waals surface area (Å²) in [6, 6.07) is 12.1. The van der Waals surface area contributed by atoms with Crippen LogP contribution in [-0.2, 0) is 13.1 Å². The van der Waals surface area contributed by atoms with E-state index in [1.165, 1.54) is 6.07 Å². The predicted molar refractivity (Wildman–Crippen MR) is 69.8 cm³/mol. The Morgan fingerprint density at radius 3 is 2.56 bits per heavy atom. The lowest BCUT2D eigenvalue weighted by Crippen LogP contribution is -2.13. The normalized spacial score (nSPS) is 10.6. The van der Waals surface area contributed by atoms with E-state index in [1.807, 2.05) is 25.1 Å². The summed E-state index contributed by atoms with van der Waals surface area (Å²) in [5, 5.41) is 12.8. The van der Waals surface area contributed by atoms with Crippen LogP contribution < -0.4 is 5.32 Å². The van der Waals surface area contributed by atoms with Crippen molar-refractivity contribution in [1.82, 2.24) is 5.32 Å². The van der Waals surface area contributed by atoms with Crippen LogP contribution in [0.2, 0.25) is 0 Å². The van der Waals surface area contributed by atoms with Gasteiger partial charge in [-0.25, -0.2) is 4.39 Å². The number of phenols is 1. The lowest BCUT2D eigenvalue weighted by Gasteiger charge is -2.08. The third kappa shape index (κ3) is 3.08. The molecular formula is C15H16FNO. The van der Waals surface area contributed by atoms with Crippen LogP contribution in [-0.4, -0.2) is 5.11 Å². The molecule has 0 aromatic heterocycles. The number of hydrogen-bond donors (Lipinski definition) is 2. The summed E-state index contributed by atoms with van der Waals surface area (Å²) in [4.78, 5) is 0. The Hall–Kier alpha value is -1.87. The first kappa shape index (κ1) is 12.6. The maximum Gasteiger partial charge on any atom is 0.127 e. The minimum absolute atomic E-state index is 0.210. The standard InChI is InChI=1S/C15H16FNO/c1-11-6-7-15(18)13(8-11)10-17-9-12-4-2-3-5-14(12)16/h2-8,17-18H,9-10H2,1H3. The van der Waals surface area contributed by atoms with Crippen molar-refractivity contribution < 1.29 is 9.50 Å². The Bertz CT molecular complexity index is 540. The van der Waals surface area contributed by atoms with Gasteiger partial charge in [0.05, 0.1) is 0 Å². The van der Waals surface area contributed by atoms with Crippen LogP contribution >= 0.6 is 0 Å². The molecule has 0 radical (unpaired) electrons. The van der Waals surface area contributed by atoms with Gasteiger partial charge in [-0.2, -0.15) is 0 Å². The highest BCUT2D eigenvalue weighted by Gasteiger charge is 2.03. The van der Waals surface area contributed by atoms with Gasteiger partial charge < -0.3 is 10.4 Å². The van der Waals surface area contributed by atoms with Gasteiger partial charge in [0.25, 0.3) is 0 Å². The van der Waals surface area contributed by atoms with Gasteiger partial charge in [-0.05, 0) is 19.1 Å². The van der Waals surface area contributed by atoms with Crippen LogP contribution in [0.25, 0.3) is 0 Å². The molecule has 94 valence electrons. The smallest absolute Gasteiger partial charge is 0.127 e. The van der Waals surface area contributed by atoms with Crippen molar-refractivity contribution in [2.24, 2.45) is 0 Å². The van der Waals surface area contributed by atoms with Crippen molar-refractivity contribution in [2.45, 2.75) is 20.0 Å². The minimum Gasteiger partial charge on any atom is -0.508 e. The predicted octanol–water partition coefficient (Wildman–Crippen LogP) is 3.13. The maximum atomic E-state index is 13.4. The van der Waals surface area contributed by atoms with Crippen LogP contribution in [0.4, 0.5) is 4.39 Å². The molecule has 0 aliphatic heterocycles. The third-order valence-corrected chi connectivity index (χ3v) is 2.82. The zero-order valence-corrected chi connectivity index (χ0v) is 10.3. The summed E-state index contributed by atoms with van der Waals surface area (Å²) < 4.78 is 13.4. The van der Waals surface area contributed by atoms with Crippen molar-refractivity contribution in [3.63, 3.8) is 0 Å². The van der Waals surface area contributed by atoms with E-state index in [0.717, 1.165) is 11.1 Å². The van der Waals surface area contributed by atoms with Gasteiger partial charge in [0.1, 0.15) is 11.6 Å². The molecule has 0 saturated carbocycles. The second-order valence-electron chi connectivity index (χ2n) is 4.33. The van der Waals surface area contributed by atoms with Gasteiger partial charge in [-0.3, -0.25) is 0 Å². The number of aromatic hydroxyl groups is 1. The highest BCUT2D eigenvalue weighted by molar-refractivity contribution is 5.35. The molecule has 2 aromatic rings. The Balaban J connectivity index is 1.96. The van der Waals surface area contributed by atoms with Crippen molar-refractivity contribution in [3.05, 3.63) is 65.0 Å². The quantitative estimate of drug-likeness (QED) is 0.867. The molecule has 2 rings (SSSR count). The third-order valence-electron chi connectivity index (χ3n) is 2.82. The van der Waals surface area contributed by atoms with E-state index in [0.29, 0.717) is 18.7 Å². The summed E-state index contributed by atoms with van der Waals surface area (Å²) in [5.74, 6) is 0.0556. The van der Waals surface area contributed by atoms with Crippen LogP contribution in [0, 0.1) is 12.7 Å². The highest BCUT2D eigenvalue weighted by Crippen LogP contribution is 2.18. The van der Waals surface area contributed by atoms with E-state index < -0.39 is 0 Å². The molecular weight excluding hydrogens is 229 g/mol. The number of aryl methyl sites for hydroxylation is 1. The Labute approximate surface area is 106 Å². The number of nitrogens with one attached hydrogen (secondary N) is 1. The van der Waals surface area contributed by atoms with Crippen molar-refractivity contribution in [2.75, 3.05) is 0 Å². The monoisotopic (exact) mass is 245 g/mol. The average Bonchev–Trinajstić information content (AvgIpc) is 2.36. The fraction of sp³-hybridized carbons (Fsp3) is 0.200. The van der Waals surface area contributed by atoms with Crippen LogP contribution in [0.5, 0.6) is 5.75 Å². The number of hydrogen-bond acceptors (Lipinski definition) is 2. The molecule has 3 heteroatoms. The van der Waals surface area contributed by atoms with E-state index in [-0.39, 0.29) is 11.6 Å². The topological polar surface area (TPSA) is 32.3 Å².